The van der Waals surface area contributed by atoms with E-state index in [0.717, 1.165) is 18.8 Å². The van der Waals surface area contributed by atoms with Gasteiger partial charge in [0, 0.05) is 6.04 Å². The molecule has 0 saturated heterocycles. The maximum absolute atomic E-state index is 12.0. The molecule has 1 rings (SSSR count). The highest BCUT2D eigenvalue weighted by Crippen LogP contribution is 2.25. The van der Waals surface area contributed by atoms with Crippen LogP contribution in [0.4, 0.5) is 8.78 Å². The molecule has 0 aromatic heterocycles. The Balaban J connectivity index is 2.20. The van der Waals surface area contributed by atoms with Crippen molar-refractivity contribution in [2.75, 3.05) is 6.54 Å². The summed E-state index contributed by atoms with van der Waals surface area (Å²) in [5.74, 6) is 0.827. The first-order valence-electron chi connectivity index (χ1n) is 5.74. The van der Waals surface area contributed by atoms with Gasteiger partial charge in [-0.2, -0.15) is 0 Å². The molecule has 1 aliphatic rings. The summed E-state index contributed by atoms with van der Waals surface area (Å²) in [5, 5.41) is 2.96. The SMILES string of the molecule is CCC1CCCC(NCC(F)F)CC1. The minimum Gasteiger partial charge on any atom is -0.309 e. The van der Waals surface area contributed by atoms with Crippen molar-refractivity contribution in [2.24, 2.45) is 5.92 Å². The van der Waals surface area contributed by atoms with Crippen molar-refractivity contribution < 1.29 is 8.78 Å². The van der Waals surface area contributed by atoms with Gasteiger partial charge in [0.25, 0.3) is 6.43 Å². The summed E-state index contributed by atoms with van der Waals surface area (Å²) in [4.78, 5) is 0. The highest BCUT2D eigenvalue weighted by atomic mass is 19.3. The Morgan fingerprint density at radius 1 is 1.21 bits per heavy atom. The van der Waals surface area contributed by atoms with Crippen molar-refractivity contribution in [1.82, 2.24) is 5.32 Å². The molecule has 1 saturated carbocycles. The third-order valence-electron chi connectivity index (χ3n) is 3.23. The van der Waals surface area contributed by atoms with Crippen molar-refractivity contribution in [2.45, 2.75) is 57.9 Å². The Morgan fingerprint density at radius 2 is 2.00 bits per heavy atom. The average molecular weight is 205 g/mol. The van der Waals surface area contributed by atoms with Gasteiger partial charge in [-0.15, -0.1) is 0 Å². The Hall–Kier alpha value is -0.180. The second kappa shape index (κ2) is 6.33. The third kappa shape index (κ3) is 4.36. The van der Waals surface area contributed by atoms with Gasteiger partial charge in [0.2, 0.25) is 0 Å². The molecule has 0 spiro atoms. The molecule has 84 valence electrons. The van der Waals surface area contributed by atoms with Crippen LogP contribution in [0.2, 0.25) is 0 Å². The zero-order chi connectivity index (χ0) is 10.4. The topological polar surface area (TPSA) is 12.0 Å². The van der Waals surface area contributed by atoms with Gasteiger partial charge in [-0.1, -0.05) is 26.2 Å². The summed E-state index contributed by atoms with van der Waals surface area (Å²) in [6, 6.07) is 0.334. The van der Waals surface area contributed by atoms with E-state index in [1.54, 1.807) is 0 Å². The second-order valence-corrected chi connectivity index (χ2v) is 4.28. The van der Waals surface area contributed by atoms with E-state index in [1.165, 1.54) is 25.7 Å². The molecule has 2 unspecified atom stereocenters. The van der Waals surface area contributed by atoms with E-state index in [1.807, 2.05) is 0 Å². The normalized spacial score (nSPS) is 29.1. The van der Waals surface area contributed by atoms with E-state index in [2.05, 4.69) is 12.2 Å². The van der Waals surface area contributed by atoms with Crippen LogP contribution in [-0.4, -0.2) is 19.0 Å². The average Bonchev–Trinajstić information content (AvgIpc) is 2.39. The minimum atomic E-state index is -2.21. The third-order valence-corrected chi connectivity index (χ3v) is 3.23. The minimum absolute atomic E-state index is 0.137. The van der Waals surface area contributed by atoms with E-state index >= 15 is 0 Å². The van der Waals surface area contributed by atoms with Crippen molar-refractivity contribution in [3.05, 3.63) is 0 Å². The quantitative estimate of drug-likeness (QED) is 0.695. The number of alkyl halides is 2. The first-order chi connectivity index (χ1) is 6.72. The summed E-state index contributed by atoms with van der Waals surface area (Å²) in [7, 11) is 0. The van der Waals surface area contributed by atoms with Gasteiger partial charge >= 0.3 is 0 Å². The van der Waals surface area contributed by atoms with Gasteiger partial charge < -0.3 is 5.32 Å². The van der Waals surface area contributed by atoms with E-state index in [-0.39, 0.29) is 6.54 Å². The molecule has 2 atom stereocenters. The lowest BCUT2D eigenvalue weighted by Crippen LogP contribution is -2.32. The summed E-state index contributed by atoms with van der Waals surface area (Å²) >= 11 is 0. The summed E-state index contributed by atoms with van der Waals surface area (Å²) in [5.41, 5.74) is 0. The van der Waals surface area contributed by atoms with Crippen LogP contribution in [0.3, 0.4) is 0 Å². The van der Waals surface area contributed by atoms with Crippen LogP contribution < -0.4 is 5.32 Å². The molecular weight excluding hydrogens is 184 g/mol. The highest BCUT2D eigenvalue weighted by molar-refractivity contribution is 4.74. The molecule has 0 radical (unpaired) electrons. The monoisotopic (exact) mass is 205 g/mol. The van der Waals surface area contributed by atoms with Crippen molar-refractivity contribution in [1.29, 1.82) is 0 Å². The molecule has 0 aromatic carbocycles. The molecule has 1 fully saturated rings. The Labute approximate surface area is 85.3 Å². The standard InChI is InChI=1S/C11H21F2N/c1-2-9-4-3-5-10(7-6-9)14-8-11(12)13/h9-11,14H,2-8H2,1H3. The van der Waals surface area contributed by atoms with Crippen LogP contribution in [0.1, 0.15) is 45.4 Å². The van der Waals surface area contributed by atoms with E-state index in [4.69, 9.17) is 0 Å². The smallest absolute Gasteiger partial charge is 0.250 e. The van der Waals surface area contributed by atoms with E-state index in [0.29, 0.717) is 6.04 Å². The van der Waals surface area contributed by atoms with Crippen LogP contribution in [0.25, 0.3) is 0 Å². The van der Waals surface area contributed by atoms with E-state index < -0.39 is 6.43 Å². The van der Waals surface area contributed by atoms with Gasteiger partial charge in [-0.3, -0.25) is 0 Å². The molecule has 3 heteroatoms. The number of nitrogens with one attached hydrogen (secondary N) is 1. The van der Waals surface area contributed by atoms with Crippen LogP contribution in [0.5, 0.6) is 0 Å². The predicted octanol–water partition coefficient (Wildman–Crippen LogP) is 3.20. The molecular formula is C11H21F2N. The molecule has 0 aromatic rings. The summed E-state index contributed by atoms with van der Waals surface area (Å²) in [6.45, 7) is 2.08. The molecule has 1 N–H and O–H groups in total. The van der Waals surface area contributed by atoms with Crippen LogP contribution in [0.15, 0.2) is 0 Å². The maximum atomic E-state index is 12.0. The number of rotatable bonds is 4. The van der Waals surface area contributed by atoms with Gasteiger partial charge in [-0.25, -0.2) is 8.78 Å². The van der Waals surface area contributed by atoms with Gasteiger partial charge in [0.05, 0.1) is 6.54 Å². The van der Waals surface area contributed by atoms with E-state index in [9.17, 15) is 8.78 Å². The predicted molar refractivity (Wildman–Crippen MR) is 54.7 cm³/mol. The lowest BCUT2D eigenvalue weighted by molar-refractivity contribution is 0.140. The number of hydrogen-bond donors (Lipinski definition) is 1. The lowest BCUT2D eigenvalue weighted by atomic mass is 9.98. The Morgan fingerprint density at radius 3 is 2.64 bits per heavy atom. The summed E-state index contributed by atoms with van der Waals surface area (Å²) in [6.07, 6.45) is 4.86. The molecule has 1 aliphatic carbocycles. The van der Waals surface area contributed by atoms with Crippen LogP contribution >= 0.6 is 0 Å². The van der Waals surface area contributed by atoms with Crippen molar-refractivity contribution in [3.8, 4) is 0 Å². The van der Waals surface area contributed by atoms with Crippen LogP contribution in [-0.2, 0) is 0 Å². The zero-order valence-electron chi connectivity index (χ0n) is 8.94. The fraction of sp³-hybridized carbons (Fsp3) is 1.00. The fourth-order valence-electron chi connectivity index (χ4n) is 2.25. The van der Waals surface area contributed by atoms with Gasteiger partial charge in [0.1, 0.15) is 0 Å². The highest BCUT2D eigenvalue weighted by Gasteiger charge is 2.18. The molecule has 14 heavy (non-hydrogen) atoms. The fourth-order valence-corrected chi connectivity index (χ4v) is 2.25. The first-order valence-corrected chi connectivity index (χ1v) is 5.74. The Bertz CT molecular complexity index is 150. The molecule has 0 aliphatic heterocycles. The molecule has 0 bridgehead atoms. The van der Waals surface area contributed by atoms with Gasteiger partial charge in [-0.05, 0) is 25.2 Å². The summed E-state index contributed by atoms with van der Waals surface area (Å²) < 4.78 is 23.9. The largest absolute Gasteiger partial charge is 0.309 e. The molecule has 0 amide bonds. The van der Waals surface area contributed by atoms with Crippen LogP contribution in [0, 0.1) is 5.92 Å². The zero-order valence-corrected chi connectivity index (χ0v) is 8.94. The molecule has 1 nitrogen and oxygen atoms in total. The maximum Gasteiger partial charge on any atom is 0.250 e. The molecule has 0 heterocycles. The number of hydrogen-bond acceptors (Lipinski definition) is 1. The first kappa shape index (κ1) is 11.9. The lowest BCUT2D eigenvalue weighted by Gasteiger charge is -2.16. The van der Waals surface area contributed by atoms with Gasteiger partial charge in [0.15, 0.2) is 0 Å². The van der Waals surface area contributed by atoms with Crippen molar-refractivity contribution >= 4 is 0 Å². The van der Waals surface area contributed by atoms with Crippen molar-refractivity contribution in [3.63, 3.8) is 0 Å². The second-order valence-electron chi connectivity index (χ2n) is 4.28. The Kier molecular flexibility index (Phi) is 5.38. The number of halogens is 2.